The third kappa shape index (κ3) is 2.67. The van der Waals surface area contributed by atoms with Crippen LogP contribution in [0.3, 0.4) is 0 Å². The highest BCUT2D eigenvalue weighted by Gasteiger charge is 2.29. The Morgan fingerprint density at radius 2 is 2.19 bits per heavy atom. The molecule has 2 amide bonds. The smallest absolute Gasteiger partial charge is 0.324 e. The Bertz CT molecular complexity index is 915. The number of likely N-dealkylation sites (N-methyl/N-ethyl adjacent to an activating group) is 1. The summed E-state index contributed by atoms with van der Waals surface area (Å²) in [5, 5.41) is 6.58. The molecule has 0 saturated carbocycles. The molecule has 2 fully saturated rings. The van der Waals surface area contributed by atoms with Crippen molar-refractivity contribution in [3.8, 4) is 0 Å². The number of imidazole rings is 1. The fourth-order valence-electron chi connectivity index (χ4n) is 3.81. The lowest BCUT2D eigenvalue weighted by atomic mass is 10.3. The number of amides is 2. The van der Waals surface area contributed by atoms with E-state index in [0.29, 0.717) is 6.04 Å². The molecule has 0 aromatic carbocycles. The van der Waals surface area contributed by atoms with Gasteiger partial charge < -0.3 is 4.90 Å². The molecule has 8 nitrogen and oxygen atoms in total. The van der Waals surface area contributed by atoms with Crippen molar-refractivity contribution in [3.63, 3.8) is 0 Å². The maximum Gasteiger partial charge on any atom is 0.324 e. The van der Waals surface area contributed by atoms with E-state index in [1.54, 1.807) is 21.1 Å². The largest absolute Gasteiger partial charge is 0.326 e. The van der Waals surface area contributed by atoms with Crippen molar-refractivity contribution < 1.29 is 4.79 Å². The van der Waals surface area contributed by atoms with Crippen molar-refractivity contribution in [2.24, 2.45) is 0 Å². The van der Waals surface area contributed by atoms with Crippen molar-refractivity contribution in [2.75, 3.05) is 38.1 Å². The fraction of sp³-hybridized carbons (Fsp3) is 0.471. The van der Waals surface area contributed by atoms with Crippen molar-refractivity contribution in [1.82, 2.24) is 29.0 Å². The molecule has 2 aliphatic heterocycles. The Morgan fingerprint density at radius 3 is 3.00 bits per heavy atom. The van der Waals surface area contributed by atoms with Gasteiger partial charge in [-0.15, -0.1) is 11.3 Å². The summed E-state index contributed by atoms with van der Waals surface area (Å²) in [4.78, 5) is 23.8. The van der Waals surface area contributed by atoms with Gasteiger partial charge in [-0.1, -0.05) is 0 Å². The summed E-state index contributed by atoms with van der Waals surface area (Å²) in [6.45, 7) is 4.36. The minimum atomic E-state index is 0.0531. The Balaban J connectivity index is 1.24. The second-order valence-corrected chi connectivity index (χ2v) is 7.91. The average Bonchev–Trinajstić information content (AvgIpc) is 3.39. The number of nitrogens with zero attached hydrogens (tertiary/aromatic N) is 7. The number of hydrogen-bond acceptors (Lipinski definition) is 5. The number of rotatable bonds is 4. The second kappa shape index (κ2) is 6.10. The topological polar surface area (TPSA) is 61.9 Å². The number of likely N-dealkylation sites (tertiary alicyclic amines) is 1. The van der Waals surface area contributed by atoms with E-state index in [1.165, 1.54) is 0 Å². The normalized spacial score (nSPS) is 21.6. The van der Waals surface area contributed by atoms with Crippen LogP contribution in [-0.4, -0.2) is 68.2 Å². The van der Waals surface area contributed by atoms with Crippen molar-refractivity contribution in [2.45, 2.75) is 19.0 Å². The summed E-state index contributed by atoms with van der Waals surface area (Å²) in [6, 6.07) is 0.403. The second-order valence-electron chi connectivity index (χ2n) is 7.04. The molecule has 3 aromatic heterocycles. The Hall–Kier alpha value is -2.39. The molecular formula is C17H21N7OS. The van der Waals surface area contributed by atoms with E-state index in [4.69, 9.17) is 0 Å². The zero-order valence-corrected chi connectivity index (χ0v) is 15.5. The SMILES string of the molecule is CN1CCN(c2cnn(C3CCN(Cc4cn5ccsc5n4)C3)c2)C1=O. The quantitative estimate of drug-likeness (QED) is 0.703. The van der Waals surface area contributed by atoms with Gasteiger partial charge in [0.25, 0.3) is 0 Å². The first-order valence-corrected chi connectivity index (χ1v) is 9.75. The minimum Gasteiger partial charge on any atom is -0.326 e. The summed E-state index contributed by atoms with van der Waals surface area (Å²) >= 11 is 1.66. The van der Waals surface area contributed by atoms with Gasteiger partial charge in [-0.3, -0.25) is 18.9 Å². The zero-order chi connectivity index (χ0) is 17.7. The van der Waals surface area contributed by atoms with Crippen LogP contribution in [0.1, 0.15) is 18.2 Å². The average molecular weight is 371 g/mol. The Morgan fingerprint density at radius 1 is 1.27 bits per heavy atom. The van der Waals surface area contributed by atoms with E-state index in [1.807, 2.05) is 30.3 Å². The first-order chi connectivity index (χ1) is 12.7. The zero-order valence-electron chi connectivity index (χ0n) is 14.7. The van der Waals surface area contributed by atoms with Crippen LogP contribution < -0.4 is 4.90 Å². The van der Waals surface area contributed by atoms with E-state index < -0.39 is 0 Å². The molecule has 5 rings (SSSR count). The van der Waals surface area contributed by atoms with Crippen molar-refractivity contribution in [1.29, 1.82) is 0 Å². The summed E-state index contributed by atoms with van der Waals surface area (Å²) in [5.41, 5.74) is 2.01. The third-order valence-corrected chi connectivity index (χ3v) is 6.04. The molecule has 2 saturated heterocycles. The molecule has 0 N–H and O–H groups in total. The highest BCUT2D eigenvalue weighted by Crippen LogP contribution is 2.26. The van der Waals surface area contributed by atoms with Gasteiger partial charge >= 0.3 is 6.03 Å². The lowest BCUT2D eigenvalue weighted by Gasteiger charge is -2.15. The van der Waals surface area contributed by atoms with Gasteiger partial charge in [0.2, 0.25) is 0 Å². The van der Waals surface area contributed by atoms with E-state index in [0.717, 1.165) is 55.5 Å². The van der Waals surface area contributed by atoms with Gasteiger partial charge in [0, 0.05) is 63.7 Å². The molecule has 3 aromatic rings. The van der Waals surface area contributed by atoms with Gasteiger partial charge in [0.15, 0.2) is 4.96 Å². The standard InChI is InChI=1S/C17H21N7OS/c1-20-4-5-23(17(20)25)15-8-18-24(12-15)14-2-3-21(11-14)9-13-10-22-6-7-26-16(22)19-13/h6-8,10,12,14H,2-5,9,11H2,1H3. The van der Waals surface area contributed by atoms with Crippen LogP contribution in [0.15, 0.2) is 30.2 Å². The summed E-state index contributed by atoms with van der Waals surface area (Å²) < 4.78 is 4.10. The lowest BCUT2D eigenvalue weighted by Crippen LogP contribution is -2.28. The summed E-state index contributed by atoms with van der Waals surface area (Å²) in [7, 11) is 1.84. The fourth-order valence-corrected chi connectivity index (χ4v) is 4.53. The first-order valence-electron chi connectivity index (χ1n) is 8.87. The first kappa shape index (κ1) is 15.8. The molecule has 2 aliphatic rings. The number of carbonyl (C=O) groups is 1. The van der Waals surface area contributed by atoms with Crippen LogP contribution in [0, 0.1) is 0 Å². The Labute approximate surface area is 155 Å². The molecule has 1 unspecified atom stereocenters. The van der Waals surface area contributed by atoms with E-state index >= 15 is 0 Å². The number of anilines is 1. The molecule has 0 spiro atoms. The number of carbonyl (C=O) groups excluding carboxylic acids is 1. The highest BCUT2D eigenvalue weighted by atomic mass is 32.1. The minimum absolute atomic E-state index is 0.0531. The van der Waals surface area contributed by atoms with Crippen molar-refractivity contribution >= 4 is 28.0 Å². The number of fused-ring (bicyclic) bond motifs is 1. The van der Waals surface area contributed by atoms with Crippen LogP contribution in [0.2, 0.25) is 0 Å². The molecule has 5 heterocycles. The van der Waals surface area contributed by atoms with Crippen LogP contribution in [0.5, 0.6) is 0 Å². The van der Waals surface area contributed by atoms with Crippen molar-refractivity contribution in [3.05, 3.63) is 35.9 Å². The lowest BCUT2D eigenvalue weighted by molar-refractivity contribution is 0.229. The molecule has 136 valence electrons. The van der Waals surface area contributed by atoms with Crippen LogP contribution in [-0.2, 0) is 6.54 Å². The summed E-state index contributed by atoms with van der Waals surface area (Å²) in [6.07, 6.45) is 9.05. The number of thiazole rings is 1. The highest BCUT2D eigenvalue weighted by molar-refractivity contribution is 7.15. The molecule has 0 bridgehead atoms. The van der Waals surface area contributed by atoms with Gasteiger partial charge in [-0.2, -0.15) is 5.10 Å². The van der Waals surface area contributed by atoms with Crippen LogP contribution in [0.25, 0.3) is 4.96 Å². The number of urea groups is 1. The number of aromatic nitrogens is 4. The molecule has 0 aliphatic carbocycles. The predicted octanol–water partition coefficient (Wildman–Crippen LogP) is 1.91. The van der Waals surface area contributed by atoms with E-state index in [-0.39, 0.29) is 6.03 Å². The maximum atomic E-state index is 12.1. The van der Waals surface area contributed by atoms with Gasteiger partial charge in [-0.05, 0) is 6.42 Å². The van der Waals surface area contributed by atoms with Gasteiger partial charge in [0.1, 0.15) is 0 Å². The predicted molar refractivity (Wildman–Crippen MR) is 99.6 cm³/mol. The molecule has 26 heavy (non-hydrogen) atoms. The number of hydrogen-bond donors (Lipinski definition) is 0. The van der Waals surface area contributed by atoms with Crippen LogP contribution in [0.4, 0.5) is 10.5 Å². The Kier molecular flexibility index (Phi) is 3.71. The molecule has 0 radical (unpaired) electrons. The molecule has 1 atom stereocenters. The maximum absolute atomic E-state index is 12.1. The van der Waals surface area contributed by atoms with E-state index in [9.17, 15) is 4.79 Å². The molecule has 9 heteroatoms. The monoisotopic (exact) mass is 371 g/mol. The third-order valence-electron chi connectivity index (χ3n) is 5.27. The van der Waals surface area contributed by atoms with Crippen LogP contribution >= 0.6 is 11.3 Å². The van der Waals surface area contributed by atoms with E-state index in [2.05, 4.69) is 31.0 Å². The van der Waals surface area contributed by atoms with Gasteiger partial charge in [0.05, 0.1) is 23.6 Å². The summed E-state index contributed by atoms with van der Waals surface area (Å²) in [5.74, 6) is 0. The molecular weight excluding hydrogens is 350 g/mol. The van der Waals surface area contributed by atoms with Gasteiger partial charge in [-0.25, -0.2) is 9.78 Å².